The molecule has 0 unspecified atom stereocenters. The van der Waals surface area contributed by atoms with Crippen LogP contribution in [0, 0.1) is 0 Å². The topological polar surface area (TPSA) is 119 Å². The highest BCUT2D eigenvalue weighted by molar-refractivity contribution is 6.31. The number of amides is 1. The highest BCUT2D eigenvalue weighted by Crippen LogP contribution is 2.27. The Bertz CT molecular complexity index is 1370. The molecule has 36 heavy (non-hydrogen) atoms. The Labute approximate surface area is 213 Å². The number of nitrogens with one attached hydrogen (secondary N) is 1. The molecule has 0 spiro atoms. The van der Waals surface area contributed by atoms with E-state index in [1.165, 1.54) is 13.1 Å². The van der Waals surface area contributed by atoms with Gasteiger partial charge in [-0.2, -0.15) is 0 Å². The van der Waals surface area contributed by atoms with Crippen LogP contribution >= 0.6 is 11.6 Å². The number of pyridine rings is 1. The summed E-state index contributed by atoms with van der Waals surface area (Å²) in [4.78, 5) is 44.1. The summed E-state index contributed by atoms with van der Waals surface area (Å²) in [7, 11) is 1.43. The third-order valence-electron chi connectivity index (χ3n) is 6.05. The standard InChI is InChI=1S/C25H30ClN5O5/c1-25(2,3)36-24(35)27-16-9-7-11-30(14-16)23-28-18-12-19(22(33)34)29(4)21(32)20(18)31(23)13-15-8-5-6-10-17(15)26/h5-6,8,10,12,16H,7,9,11,13-14H2,1-4H3,(H,27,35)(H,33,34)/t16-/m1/s1. The minimum absolute atomic E-state index is 0.149. The predicted molar refractivity (Wildman–Crippen MR) is 137 cm³/mol. The Morgan fingerprint density at radius 1 is 1.28 bits per heavy atom. The number of aromatic carboxylic acids is 1. The van der Waals surface area contributed by atoms with E-state index in [1.807, 2.05) is 43.9 Å². The molecule has 0 aliphatic carbocycles. The molecule has 10 nitrogen and oxygen atoms in total. The van der Waals surface area contributed by atoms with Crippen LogP contribution in [-0.2, 0) is 18.3 Å². The largest absolute Gasteiger partial charge is 0.477 e. The van der Waals surface area contributed by atoms with Gasteiger partial charge in [-0.25, -0.2) is 14.6 Å². The van der Waals surface area contributed by atoms with Crippen LogP contribution in [0.4, 0.5) is 10.7 Å². The average Bonchev–Trinajstić information content (AvgIpc) is 3.15. The third kappa shape index (κ3) is 5.33. The summed E-state index contributed by atoms with van der Waals surface area (Å²) in [6.07, 6.45) is 1.07. The molecule has 1 aliphatic rings. The Balaban J connectivity index is 1.76. The third-order valence-corrected chi connectivity index (χ3v) is 6.42. The van der Waals surface area contributed by atoms with Gasteiger partial charge in [0, 0.05) is 31.2 Å². The van der Waals surface area contributed by atoms with Crippen molar-refractivity contribution in [2.75, 3.05) is 18.0 Å². The second kappa shape index (κ2) is 9.85. The zero-order valence-electron chi connectivity index (χ0n) is 20.7. The number of benzene rings is 1. The van der Waals surface area contributed by atoms with Crippen molar-refractivity contribution in [3.63, 3.8) is 0 Å². The minimum atomic E-state index is -1.21. The van der Waals surface area contributed by atoms with Crippen molar-refractivity contribution in [3.8, 4) is 0 Å². The van der Waals surface area contributed by atoms with Crippen LogP contribution in [-0.4, -0.2) is 56.0 Å². The van der Waals surface area contributed by atoms with Gasteiger partial charge in [-0.05, 0) is 51.3 Å². The molecule has 3 heterocycles. The number of aromatic nitrogens is 3. The van der Waals surface area contributed by atoms with E-state index in [4.69, 9.17) is 21.3 Å². The van der Waals surface area contributed by atoms with E-state index in [9.17, 15) is 19.5 Å². The number of carbonyl (C=O) groups is 2. The lowest BCUT2D eigenvalue weighted by atomic mass is 10.1. The summed E-state index contributed by atoms with van der Waals surface area (Å²) in [6, 6.07) is 8.57. The van der Waals surface area contributed by atoms with Crippen LogP contribution in [0.3, 0.4) is 0 Å². The van der Waals surface area contributed by atoms with Crippen molar-refractivity contribution in [1.29, 1.82) is 0 Å². The second-order valence-corrected chi connectivity index (χ2v) is 10.4. The minimum Gasteiger partial charge on any atom is -0.477 e. The molecule has 192 valence electrons. The summed E-state index contributed by atoms with van der Waals surface area (Å²) in [5.41, 5.74) is 0.160. The van der Waals surface area contributed by atoms with Crippen LogP contribution < -0.4 is 15.8 Å². The van der Waals surface area contributed by atoms with Gasteiger partial charge in [0.2, 0.25) is 5.95 Å². The van der Waals surface area contributed by atoms with Crippen molar-refractivity contribution >= 4 is 40.6 Å². The molecule has 0 radical (unpaired) electrons. The smallest absolute Gasteiger partial charge is 0.407 e. The summed E-state index contributed by atoms with van der Waals surface area (Å²) in [5.74, 6) is -0.696. The van der Waals surface area contributed by atoms with Crippen molar-refractivity contribution < 1.29 is 19.4 Å². The van der Waals surface area contributed by atoms with E-state index in [0.29, 0.717) is 35.1 Å². The number of ether oxygens (including phenoxy) is 1. The van der Waals surface area contributed by atoms with E-state index in [1.54, 1.807) is 10.6 Å². The van der Waals surface area contributed by atoms with Crippen LogP contribution in [0.25, 0.3) is 11.0 Å². The van der Waals surface area contributed by atoms with Crippen molar-refractivity contribution in [1.82, 2.24) is 19.4 Å². The van der Waals surface area contributed by atoms with Crippen molar-refractivity contribution in [2.24, 2.45) is 7.05 Å². The van der Waals surface area contributed by atoms with Gasteiger partial charge in [0.25, 0.3) is 5.56 Å². The Morgan fingerprint density at radius 3 is 2.67 bits per heavy atom. The molecule has 1 aromatic carbocycles. The van der Waals surface area contributed by atoms with Crippen LogP contribution in [0.5, 0.6) is 0 Å². The maximum Gasteiger partial charge on any atom is 0.407 e. The molecule has 11 heteroatoms. The first-order valence-electron chi connectivity index (χ1n) is 11.8. The first-order chi connectivity index (χ1) is 16.9. The van der Waals surface area contributed by atoms with Crippen LogP contribution in [0.15, 0.2) is 35.1 Å². The number of alkyl carbamates (subject to hydrolysis) is 1. The molecular formula is C25H30ClN5O5. The van der Waals surface area contributed by atoms with Crippen LogP contribution in [0.2, 0.25) is 5.02 Å². The number of carboxylic acids is 1. The molecule has 4 rings (SSSR count). The van der Waals surface area contributed by atoms with E-state index in [2.05, 4.69) is 5.32 Å². The second-order valence-electron chi connectivity index (χ2n) is 9.95. The quantitative estimate of drug-likeness (QED) is 0.532. The van der Waals surface area contributed by atoms with E-state index < -0.39 is 23.2 Å². The van der Waals surface area contributed by atoms with Gasteiger partial charge in [-0.15, -0.1) is 0 Å². The summed E-state index contributed by atoms with van der Waals surface area (Å²) >= 11 is 6.43. The highest BCUT2D eigenvalue weighted by atomic mass is 35.5. The van der Waals surface area contributed by atoms with Gasteiger partial charge in [0.1, 0.15) is 16.8 Å². The number of anilines is 1. The SMILES string of the molecule is Cn1c(C(=O)O)cc2nc(N3CCC[C@@H](NC(=O)OC(C)(C)C)C3)n(Cc3ccccc3Cl)c2c1=O. The molecular weight excluding hydrogens is 486 g/mol. The lowest BCUT2D eigenvalue weighted by molar-refractivity contribution is 0.0499. The number of imidazole rings is 1. The fourth-order valence-electron chi connectivity index (χ4n) is 4.42. The molecule has 0 bridgehead atoms. The number of piperidine rings is 1. The number of hydrogen-bond donors (Lipinski definition) is 2. The molecule has 1 saturated heterocycles. The first-order valence-corrected chi connectivity index (χ1v) is 12.1. The number of hydrogen-bond acceptors (Lipinski definition) is 6. The van der Waals surface area contributed by atoms with E-state index >= 15 is 0 Å². The van der Waals surface area contributed by atoms with Crippen LogP contribution in [0.1, 0.15) is 49.7 Å². The number of nitrogens with zero attached hydrogens (tertiary/aromatic N) is 4. The Hall–Kier alpha value is -3.53. The lowest BCUT2D eigenvalue weighted by Crippen LogP contribution is -2.49. The van der Waals surface area contributed by atoms with Gasteiger partial charge >= 0.3 is 12.1 Å². The fraction of sp³-hybridized carbons (Fsp3) is 0.440. The van der Waals surface area contributed by atoms with Gasteiger partial charge in [-0.3, -0.25) is 4.79 Å². The fourth-order valence-corrected chi connectivity index (χ4v) is 4.62. The summed E-state index contributed by atoms with van der Waals surface area (Å²) in [5, 5.41) is 13.0. The first kappa shape index (κ1) is 25.6. The van der Waals surface area contributed by atoms with Gasteiger partial charge in [0.05, 0.1) is 12.1 Å². The Kier molecular flexibility index (Phi) is 6.99. The maximum absolute atomic E-state index is 13.3. The molecule has 1 amide bonds. The normalized spacial score (nSPS) is 16.2. The number of carboxylic acid groups (broad SMARTS) is 1. The Morgan fingerprint density at radius 2 is 2.00 bits per heavy atom. The number of fused-ring (bicyclic) bond motifs is 1. The van der Waals surface area contributed by atoms with Gasteiger partial charge < -0.3 is 29.2 Å². The van der Waals surface area contributed by atoms with E-state index in [0.717, 1.165) is 23.0 Å². The number of carbonyl (C=O) groups excluding carboxylic acids is 1. The molecule has 2 aromatic heterocycles. The van der Waals surface area contributed by atoms with Gasteiger partial charge in [0.15, 0.2) is 0 Å². The molecule has 1 fully saturated rings. The molecule has 0 saturated carbocycles. The monoisotopic (exact) mass is 515 g/mol. The molecule has 2 N–H and O–H groups in total. The van der Waals surface area contributed by atoms with Gasteiger partial charge in [-0.1, -0.05) is 29.8 Å². The maximum atomic E-state index is 13.3. The summed E-state index contributed by atoms with van der Waals surface area (Å²) < 4.78 is 8.30. The van der Waals surface area contributed by atoms with Crippen molar-refractivity contribution in [3.05, 3.63) is 57.0 Å². The molecule has 1 aliphatic heterocycles. The zero-order valence-corrected chi connectivity index (χ0v) is 21.5. The average molecular weight is 516 g/mol. The molecule has 1 atom stereocenters. The summed E-state index contributed by atoms with van der Waals surface area (Å²) in [6.45, 7) is 6.81. The van der Waals surface area contributed by atoms with E-state index in [-0.39, 0.29) is 18.3 Å². The predicted octanol–water partition coefficient (Wildman–Crippen LogP) is 3.63. The molecule has 3 aromatic rings. The number of halogens is 1. The lowest BCUT2D eigenvalue weighted by Gasteiger charge is -2.34. The van der Waals surface area contributed by atoms with Crippen molar-refractivity contribution in [2.45, 2.75) is 51.8 Å². The number of rotatable bonds is 5. The zero-order chi connectivity index (χ0) is 26.2. The highest BCUT2D eigenvalue weighted by Gasteiger charge is 2.29.